The molecule has 3 heteroatoms. The smallest absolute Gasteiger partial charge is 0.224 e. The SMILES string of the molecule is CNC(=O)Cc1ccccc1NCC1CC=CCC1. The number of para-hydroxylation sites is 1. The Morgan fingerprint density at radius 3 is 2.89 bits per heavy atom. The number of benzene rings is 1. The summed E-state index contributed by atoms with van der Waals surface area (Å²) in [6, 6.07) is 8.05. The van der Waals surface area contributed by atoms with E-state index in [1.807, 2.05) is 18.2 Å². The molecule has 1 aliphatic rings. The van der Waals surface area contributed by atoms with Crippen molar-refractivity contribution in [3.05, 3.63) is 42.0 Å². The van der Waals surface area contributed by atoms with Crippen LogP contribution in [-0.4, -0.2) is 19.5 Å². The van der Waals surface area contributed by atoms with Gasteiger partial charge in [-0.2, -0.15) is 0 Å². The van der Waals surface area contributed by atoms with Crippen LogP contribution >= 0.6 is 0 Å². The van der Waals surface area contributed by atoms with E-state index in [0.29, 0.717) is 12.3 Å². The van der Waals surface area contributed by atoms with Gasteiger partial charge in [-0.1, -0.05) is 30.4 Å². The summed E-state index contributed by atoms with van der Waals surface area (Å²) in [6.07, 6.45) is 8.56. The number of hydrogen-bond acceptors (Lipinski definition) is 2. The summed E-state index contributed by atoms with van der Waals surface area (Å²) in [5, 5.41) is 6.17. The first-order valence-electron chi connectivity index (χ1n) is 6.97. The van der Waals surface area contributed by atoms with E-state index in [-0.39, 0.29) is 5.91 Å². The normalized spacial score (nSPS) is 18.1. The van der Waals surface area contributed by atoms with Crippen molar-refractivity contribution in [2.24, 2.45) is 5.92 Å². The highest BCUT2D eigenvalue weighted by molar-refractivity contribution is 5.80. The summed E-state index contributed by atoms with van der Waals surface area (Å²) in [6.45, 7) is 0.981. The van der Waals surface area contributed by atoms with Crippen LogP contribution in [-0.2, 0) is 11.2 Å². The number of nitrogens with one attached hydrogen (secondary N) is 2. The molecule has 0 aromatic heterocycles. The van der Waals surface area contributed by atoms with Crippen LogP contribution in [0, 0.1) is 5.92 Å². The predicted octanol–water partition coefficient (Wildman–Crippen LogP) is 2.74. The minimum Gasteiger partial charge on any atom is -0.385 e. The summed E-state index contributed by atoms with van der Waals surface area (Å²) in [5.41, 5.74) is 2.15. The molecular formula is C16H22N2O. The number of amides is 1. The average Bonchev–Trinajstić information content (AvgIpc) is 2.47. The van der Waals surface area contributed by atoms with Crippen molar-refractivity contribution >= 4 is 11.6 Å². The highest BCUT2D eigenvalue weighted by Gasteiger charge is 2.11. The third-order valence-corrected chi connectivity index (χ3v) is 3.61. The van der Waals surface area contributed by atoms with Crippen LogP contribution in [0.3, 0.4) is 0 Å². The molecule has 0 aliphatic heterocycles. The Morgan fingerprint density at radius 1 is 1.32 bits per heavy atom. The lowest BCUT2D eigenvalue weighted by atomic mass is 9.94. The molecule has 0 heterocycles. The van der Waals surface area contributed by atoms with E-state index in [2.05, 4.69) is 28.9 Å². The molecule has 3 nitrogen and oxygen atoms in total. The van der Waals surface area contributed by atoms with Gasteiger partial charge in [0.1, 0.15) is 0 Å². The molecule has 1 atom stereocenters. The van der Waals surface area contributed by atoms with Crippen molar-refractivity contribution in [2.45, 2.75) is 25.7 Å². The van der Waals surface area contributed by atoms with E-state index in [1.54, 1.807) is 7.05 Å². The second kappa shape index (κ2) is 6.98. The zero-order chi connectivity index (χ0) is 13.5. The Balaban J connectivity index is 1.95. The minimum absolute atomic E-state index is 0.0508. The maximum Gasteiger partial charge on any atom is 0.224 e. The molecule has 19 heavy (non-hydrogen) atoms. The molecule has 1 aromatic carbocycles. The molecule has 0 radical (unpaired) electrons. The first-order valence-corrected chi connectivity index (χ1v) is 6.97. The Bertz CT molecular complexity index is 454. The van der Waals surface area contributed by atoms with E-state index in [0.717, 1.165) is 24.2 Å². The Kier molecular flexibility index (Phi) is 5.01. The summed E-state index contributed by atoms with van der Waals surface area (Å²) in [7, 11) is 1.67. The third kappa shape index (κ3) is 4.12. The molecule has 0 saturated carbocycles. The van der Waals surface area contributed by atoms with Crippen molar-refractivity contribution in [3.63, 3.8) is 0 Å². The number of hydrogen-bond donors (Lipinski definition) is 2. The van der Waals surface area contributed by atoms with Crippen LogP contribution in [0.25, 0.3) is 0 Å². The third-order valence-electron chi connectivity index (χ3n) is 3.61. The molecule has 1 aliphatic carbocycles. The van der Waals surface area contributed by atoms with Crippen LogP contribution in [0.15, 0.2) is 36.4 Å². The Morgan fingerprint density at radius 2 is 2.16 bits per heavy atom. The van der Waals surface area contributed by atoms with Gasteiger partial charge >= 0.3 is 0 Å². The maximum atomic E-state index is 11.5. The lowest BCUT2D eigenvalue weighted by molar-refractivity contribution is -0.119. The molecule has 0 fully saturated rings. The number of allylic oxidation sites excluding steroid dienone is 2. The van der Waals surface area contributed by atoms with Gasteiger partial charge in [0.15, 0.2) is 0 Å². The van der Waals surface area contributed by atoms with E-state index < -0.39 is 0 Å². The van der Waals surface area contributed by atoms with E-state index in [9.17, 15) is 4.79 Å². The van der Waals surface area contributed by atoms with Gasteiger partial charge in [-0.05, 0) is 36.8 Å². The summed E-state index contributed by atoms with van der Waals surface area (Å²) >= 11 is 0. The second-order valence-electron chi connectivity index (χ2n) is 5.04. The Labute approximate surface area is 115 Å². The lowest BCUT2D eigenvalue weighted by Crippen LogP contribution is -2.21. The largest absolute Gasteiger partial charge is 0.385 e. The van der Waals surface area contributed by atoms with Crippen molar-refractivity contribution < 1.29 is 4.79 Å². The highest BCUT2D eigenvalue weighted by Crippen LogP contribution is 2.21. The van der Waals surface area contributed by atoms with Crippen LogP contribution in [0.2, 0.25) is 0 Å². The first kappa shape index (κ1) is 13.7. The fraction of sp³-hybridized carbons (Fsp3) is 0.438. The standard InChI is InChI=1S/C16H22N2O/c1-17-16(19)11-14-9-5-6-10-15(14)18-12-13-7-3-2-4-8-13/h2-3,5-6,9-10,13,18H,4,7-8,11-12H2,1H3,(H,17,19). The van der Waals surface area contributed by atoms with Crippen molar-refractivity contribution in [1.29, 1.82) is 0 Å². The van der Waals surface area contributed by atoms with E-state index in [1.165, 1.54) is 12.8 Å². The highest BCUT2D eigenvalue weighted by atomic mass is 16.1. The molecule has 1 unspecified atom stereocenters. The van der Waals surface area contributed by atoms with Crippen molar-refractivity contribution in [1.82, 2.24) is 5.32 Å². The van der Waals surface area contributed by atoms with Crippen LogP contribution in [0.5, 0.6) is 0 Å². The van der Waals surface area contributed by atoms with Gasteiger partial charge < -0.3 is 10.6 Å². The fourth-order valence-electron chi connectivity index (χ4n) is 2.40. The van der Waals surface area contributed by atoms with Crippen LogP contribution < -0.4 is 10.6 Å². The number of likely N-dealkylation sites (N-methyl/N-ethyl adjacent to an activating group) is 1. The molecule has 102 valence electrons. The molecule has 2 N–H and O–H groups in total. The molecular weight excluding hydrogens is 236 g/mol. The molecule has 1 aromatic rings. The average molecular weight is 258 g/mol. The lowest BCUT2D eigenvalue weighted by Gasteiger charge is -2.20. The number of anilines is 1. The van der Waals surface area contributed by atoms with Gasteiger partial charge in [-0.25, -0.2) is 0 Å². The quantitative estimate of drug-likeness (QED) is 0.797. The van der Waals surface area contributed by atoms with Gasteiger partial charge in [-0.3, -0.25) is 4.79 Å². The molecule has 0 saturated heterocycles. The first-order chi connectivity index (χ1) is 9.29. The molecule has 1 amide bonds. The van der Waals surface area contributed by atoms with Crippen molar-refractivity contribution in [3.8, 4) is 0 Å². The zero-order valence-corrected chi connectivity index (χ0v) is 11.5. The predicted molar refractivity (Wildman–Crippen MR) is 79.2 cm³/mol. The summed E-state index contributed by atoms with van der Waals surface area (Å²) in [5.74, 6) is 0.757. The van der Waals surface area contributed by atoms with E-state index in [4.69, 9.17) is 0 Å². The molecule has 0 spiro atoms. The number of carbonyl (C=O) groups is 1. The minimum atomic E-state index is 0.0508. The van der Waals surface area contributed by atoms with Crippen LogP contribution in [0.1, 0.15) is 24.8 Å². The molecule has 0 bridgehead atoms. The van der Waals surface area contributed by atoms with Gasteiger partial charge in [-0.15, -0.1) is 0 Å². The van der Waals surface area contributed by atoms with Gasteiger partial charge in [0, 0.05) is 19.3 Å². The van der Waals surface area contributed by atoms with Crippen LogP contribution in [0.4, 0.5) is 5.69 Å². The fourth-order valence-corrected chi connectivity index (χ4v) is 2.40. The maximum absolute atomic E-state index is 11.5. The van der Waals surface area contributed by atoms with Crippen molar-refractivity contribution in [2.75, 3.05) is 18.9 Å². The molecule has 2 rings (SSSR count). The van der Waals surface area contributed by atoms with Gasteiger partial charge in [0.2, 0.25) is 5.91 Å². The number of carbonyl (C=O) groups excluding carboxylic acids is 1. The summed E-state index contributed by atoms with van der Waals surface area (Å²) < 4.78 is 0. The van der Waals surface area contributed by atoms with E-state index >= 15 is 0 Å². The summed E-state index contributed by atoms with van der Waals surface area (Å²) in [4.78, 5) is 11.5. The Hall–Kier alpha value is -1.77. The topological polar surface area (TPSA) is 41.1 Å². The monoisotopic (exact) mass is 258 g/mol. The second-order valence-corrected chi connectivity index (χ2v) is 5.04. The number of rotatable bonds is 5. The van der Waals surface area contributed by atoms with Gasteiger partial charge in [0.05, 0.1) is 6.42 Å². The van der Waals surface area contributed by atoms with Gasteiger partial charge in [0.25, 0.3) is 0 Å². The zero-order valence-electron chi connectivity index (χ0n) is 11.5.